The maximum atomic E-state index is 12.4. The third-order valence-corrected chi connectivity index (χ3v) is 3.22. The van der Waals surface area contributed by atoms with E-state index in [9.17, 15) is 13.2 Å². The van der Waals surface area contributed by atoms with Gasteiger partial charge in [0.05, 0.1) is 5.56 Å². The predicted molar refractivity (Wildman–Crippen MR) is 71.8 cm³/mol. The lowest BCUT2D eigenvalue weighted by Gasteiger charge is -2.09. The second kappa shape index (κ2) is 5.44. The van der Waals surface area contributed by atoms with E-state index in [0.717, 1.165) is 17.0 Å². The molecule has 0 aromatic heterocycles. The van der Waals surface area contributed by atoms with Crippen LogP contribution in [0, 0.1) is 0 Å². The third kappa shape index (κ3) is 3.82. The molecule has 0 saturated heterocycles. The van der Waals surface area contributed by atoms with Crippen LogP contribution in [0.5, 0.6) is 0 Å². The molecule has 0 atom stereocenters. The first kappa shape index (κ1) is 13.6. The Labute approximate surface area is 112 Å². The molecule has 0 unspecified atom stereocenters. The van der Waals surface area contributed by atoms with Crippen LogP contribution in [0.25, 0.3) is 0 Å². The Balaban J connectivity index is 1.98. The lowest BCUT2D eigenvalue weighted by atomic mass is 10.2. The summed E-state index contributed by atoms with van der Waals surface area (Å²) >= 11 is 1.31. The molecule has 19 heavy (non-hydrogen) atoms. The van der Waals surface area contributed by atoms with E-state index in [1.165, 1.54) is 24.1 Å². The van der Waals surface area contributed by atoms with Gasteiger partial charge in [-0.1, -0.05) is 0 Å². The Morgan fingerprint density at radius 1 is 0.895 bits per heavy atom. The Bertz CT molecular complexity index is 535. The molecule has 6 heteroatoms. The number of hydrogen-bond acceptors (Lipinski definition) is 3. The van der Waals surface area contributed by atoms with Crippen molar-refractivity contribution < 1.29 is 13.2 Å². The van der Waals surface area contributed by atoms with Gasteiger partial charge in [-0.25, -0.2) is 0 Å². The van der Waals surface area contributed by atoms with Crippen molar-refractivity contribution in [2.24, 2.45) is 0 Å². The van der Waals surface area contributed by atoms with Crippen molar-refractivity contribution in [3.8, 4) is 0 Å². The SMILES string of the molecule is Nc1ccc(SNc2ccc(C(F)(F)F)cc2)cc1. The average molecular weight is 284 g/mol. The minimum atomic E-state index is -4.30. The summed E-state index contributed by atoms with van der Waals surface area (Å²) in [7, 11) is 0. The maximum Gasteiger partial charge on any atom is 0.416 e. The first-order chi connectivity index (χ1) is 8.95. The van der Waals surface area contributed by atoms with Crippen LogP contribution in [-0.4, -0.2) is 0 Å². The van der Waals surface area contributed by atoms with Gasteiger partial charge in [0.1, 0.15) is 0 Å². The summed E-state index contributed by atoms with van der Waals surface area (Å²) in [6.07, 6.45) is -4.30. The highest BCUT2D eigenvalue weighted by atomic mass is 32.2. The summed E-state index contributed by atoms with van der Waals surface area (Å²) in [5.41, 5.74) is 6.17. The van der Waals surface area contributed by atoms with Crippen molar-refractivity contribution in [1.29, 1.82) is 0 Å². The van der Waals surface area contributed by atoms with Gasteiger partial charge >= 0.3 is 6.18 Å². The highest BCUT2D eigenvalue weighted by molar-refractivity contribution is 8.00. The van der Waals surface area contributed by atoms with Crippen molar-refractivity contribution in [3.63, 3.8) is 0 Å². The van der Waals surface area contributed by atoms with Crippen LogP contribution in [0.2, 0.25) is 0 Å². The van der Waals surface area contributed by atoms with E-state index in [-0.39, 0.29) is 0 Å². The molecule has 0 bridgehead atoms. The number of rotatable bonds is 3. The molecule has 2 nitrogen and oxygen atoms in total. The van der Waals surface area contributed by atoms with Crippen LogP contribution >= 0.6 is 11.9 Å². The van der Waals surface area contributed by atoms with Crippen LogP contribution in [-0.2, 0) is 6.18 Å². The van der Waals surface area contributed by atoms with Crippen LogP contribution in [0.15, 0.2) is 53.4 Å². The molecule has 0 heterocycles. The molecule has 0 aliphatic heterocycles. The van der Waals surface area contributed by atoms with E-state index >= 15 is 0 Å². The standard InChI is InChI=1S/C13H11F3N2S/c14-13(15,16)9-1-5-11(6-2-9)18-19-12-7-3-10(17)4-8-12/h1-8,18H,17H2. The van der Waals surface area contributed by atoms with E-state index < -0.39 is 11.7 Å². The lowest BCUT2D eigenvalue weighted by molar-refractivity contribution is -0.137. The van der Waals surface area contributed by atoms with Crippen molar-refractivity contribution >= 4 is 23.3 Å². The number of nitrogens with one attached hydrogen (secondary N) is 1. The number of benzene rings is 2. The quantitative estimate of drug-likeness (QED) is 0.647. The van der Waals surface area contributed by atoms with Gasteiger partial charge in [-0.05, 0) is 60.5 Å². The molecular weight excluding hydrogens is 273 g/mol. The molecule has 2 aromatic carbocycles. The fourth-order valence-electron chi connectivity index (χ4n) is 1.38. The molecule has 0 radical (unpaired) electrons. The molecule has 2 rings (SSSR count). The van der Waals surface area contributed by atoms with Crippen LogP contribution in [0.1, 0.15) is 5.56 Å². The van der Waals surface area contributed by atoms with E-state index in [0.29, 0.717) is 11.4 Å². The Hall–Kier alpha value is -1.82. The summed E-state index contributed by atoms with van der Waals surface area (Å²) in [6.45, 7) is 0. The Morgan fingerprint density at radius 2 is 1.47 bits per heavy atom. The molecule has 0 aliphatic rings. The van der Waals surface area contributed by atoms with E-state index in [4.69, 9.17) is 5.73 Å². The molecule has 3 N–H and O–H groups in total. The zero-order valence-corrected chi connectivity index (χ0v) is 10.6. The number of nitrogen functional groups attached to an aromatic ring is 1. The third-order valence-electron chi connectivity index (χ3n) is 2.38. The summed E-state index contributed by atoms with van der Waals surface area (Å²) in [4.78, 5) is 0.925. The van der Waals surface area contributed by atoms with E-state index in [1.54, 1.807) is 12.1 Å². The van der Waals surface area contributed by atoms with Gasteiger partial charge in [-0.15, -0.1) is 0 Å². The highest BCUT2D eigenvalue weighted by Crippen LogP contribution is 2.30. The van der Waals surface area contributed by atoms with Crippen molar-refractivity contribution in [1.82, 2.24) is 0 Å². The fourth-order valence-corrected chi connectivity index (χ4v) is 2.02. The molecule has 100 valence electrons. The molecule has 0 aliphatic carbocycles. The largest absolute Gasteiger partial charge is 0.416 e. The molecule has 0 amide bonds. The average Bonchev–Trinajstić information content (AvgIpc) is 2.37. The smallest absolute Gasteiger partial charge is 0.399 e. The number of alkyl halides is 3. The van der Waals surface area contributed by atoms with Crippen LogP contribution in [0.4, 0.5) is 24.5 Å². The molecule has 0 saturated carbocycles. The number of anilines is 2. The number of nitrogens with two attached hydrogens (primary N) is 1. The topological polar surface area (TPSA) is 38.0 Å². The van der Waals surface area contributed by atoms with Gasteiger partial charge in [0.25, 0.3) is 0 Å². The molecular formula is C13H11F3N2S. The van der Waals surface area contributed by atoms with Gasteiger partial charge in [-0.3, -0.25) is 0 Å². The maximum absolute atomic E-state index is 12.4. The highest BCUT2D eigenvalue weighted by Gasteiger charge is 2.29. The van der Waals surface area contributed by atoms with Crippen molar-refractivity contribution in [2.45, 2.75) is 11.1 Å². The lowest BCUT2D eigenvalue weighted by Crippen LogP contribution is -2.04. The number of hydrogen-bond donors (Lipinski definition) is 2. The zero-order valence-electron chi connectivity index (χ0n) is 9.74. The minimum absolute atomic E-state index is 0.606. The van der Waals surface area contributed by atoms with Gasteiger partial charge in [-0.2, -0.15) is 13.2 Å². The molecule has 2 aromatic rings. The van der Waals surface area contributed by atoms with E-state index in [1.807, 2.05) is 12.1 Å². The van der Waals surface area contributed by atoms with Gasteiger partial charge in [0.15, 0.2) is 0 Å². The monoisotopic (exact) mass is 284 g/mol. The predicted octanol–water partition coefficient (Wildman–Crippen LogP) is 4.41. The fraction of sp³-hybridized carbons (Fsp3) is 0.0769. The zero-order chi connectivity index (χ0) is 13.9. The summed E-state index contributed by atoms with van der Waals surface area (Å²) < 4.78 is 40.1. The minimum Gasteiger partial charge on any atom is -0.399 e. The summed E-state index contributed by atoms with van der Waals surface area (Å²) in [5, 5.41) is 0. The van der Waals surface area contributed by atoms with Gasteiger partial charge in [0, 0.05) is 16.3 Å². The second-order valence-electron chi connectivity index (χ2n) is 3.85. The van der Waals surface area contributed by atoms with Crippen LogP contribution in [0.3, 0.4) is 0 Å². The Morgan fingerprint density at radius 3 is 2.00 bits per heavy atom. The van der Waals surface area contributed by atoms with Crippen molar-refractivity contribution in [3.05, 3.63) is 54.1 Å². The summed E-state index contributed by atoms with van der Waals surface area (Å²) in [5.74, 6) is 0. The van der Waals surface area contributed by atoms with Crippen LogP contribution < -0.4 is 10.5 Å². The number of halogens is 3. The molecule has 0 fully saturated rings. The van der Waals surface area contributed by atoms with Crippen molar-refractivity contribution in [2.75, 3.05) is 10.5 Å². The van der Waals surface area contributed by atoms with E-state index in [2.05, 4.69) is 4.72 Å². The molecule has 0 spiro atoms. The van der Waals surface area contributed by atoms with Gasteiger partial charge in [0.2, 0.25) is 0 Å². The normalized spacial score (nSPS) is 11.3. The first-order valence-corrected chi connectivity index (χ1v) is 6.22. The first-order valence-electron chi connectivity index (χ1n) is 5.41. The van der Waals surface area contributed by atoms with Gasteiger partial charge < -0.3 is 10.5 Å². The Kier molecular flexibility index (Phi) is 3.90. The summed E-state index contributed by atoms with van der Waals surface area (Å²) in [6, 6.07) is 12.1. The second-order valence-corrected chi connectivity index (χ2v) is 4.73.